The lowest BCUT2D eigenvalue weighted by molar-refractivity contribution is 0.399. The molecule has 7 nitrogen and oxygen atoms in total. The van der Waals surface area contributed by atoms with Gasteiger partial charge in [0.2, 0.25) is 10.0 Å². The van der Waals surface area contributed by atoms with Crippen molar-refractivity contribution in [1.82, 2.24) is 19.9 Å². The fraction of sp³-hybridized carbons (Fsp3) is 0.273. The van der Waals surface area contributed by atoms with Gasteiger partial charge in [-0.2, -0.15) is 5.10 Å². The van der Waals surface area contributed by atoms with Gasteiger partial charge in [-0.15, -0.1) is 0 Å². The molecule has 0 fully saturated rings. The Morgan fingerprint density at radius 2 is 2.24 bits per heavy atom. The van der Waals surface area contributed by atoms with Gasteiger partial charge in [0.15, 0.2) is 5.75 Å². The van der Waals surface area contributed by atoms with Crippen molar-refractivity contribution in [3.63, 3.8) is 0 Å². The third-order valence-electron chi connectivity index (χ3n) is 2.59. The maximum atomic E-state index is 12.3. The van der Waals surface area contributed by atoms with E-state index in [-0.39, 0.29) is 17.2 Å². The van der Waals surface area contributed by atoms with Crippen molar-refractivity contribution in [3.8, 4) is 5.75 Å². The van der Waals surface area contributed by atoms with E-state index in [9.17, 15) is 8.42 Å². The molecule has 2 aromatic rings. The number of ether oxygens (including phenoxy) is 1. The van der Waals surface area contributed by atoms with Crippen molar-refractivity contribution in [2.45, 2.75) is 11.3 Å². The lowest BCUT2D eigenvalue weighted by Crippen LogP contribution is -2.26. The second-order valence-electron chi connectivity index (χ2n) is 4.00. The fourth-order valence-electron chi connectivity index (χ4n) is 1.67. The number of sulfonamides is 1. The summed E-state index contributed by atoms with van der Waals surface area (Å²) >= 11 is 9.12. The monoisotopic (exact) mass is 394 g/mol. The van der Waals surface area contributed by atoms with Crippen LogP contribution in [-0.4, -0.2) is 37.3 Å². The molecule has 21 heavy (non-hydrogen) atoms. The number of nitrogens with one attached hydrogen (secondary N) is 2. The standard InChI is InChI=1S/C11H12BrClN4O3S/c1-20-11-8(12)4-7(13)5-9(11)21(18,19)16-3-2-10-14-6-15-17-10/h4-6,16H,2-3H2,1H3,(H,14,15,17). The molecule has 114 valence electrons. The zero-order valence-electron chi connectivity index (χ0n) is 10.9. The van der Waals surface area contributed by atoms with Gasteiger partial charge in [0, 0.05) is 18.0 Å². The number of aromatic amines is 1. The van der Waals surface area contributed by atoms with Crippen LogP contribution in [0.25, 0.3) is 0 Å². The predicted molar refractivity (Wildman–Crippen MR) is 81.0 cm³/mol. The molecule has 0 saturated carbocycles. The number of aromatic nitrogens is 3. The highest BCUT2D eigenvalue weighted by atomic mass is 79.9. The lowest BCUT2D eigenvalue weighted by Gasteiger charge is -2.12. The highest BCUT2D eigenvalue weighted by Gasteiger charge is 2.22. The number of rotatable bonds is 6. The average Bonchev–Trinajstić information content (AvgIpc) is 2.91. The Bertz CT molecular complexity index is 721. The molecule has 0 unspecified atom stereocenters. The third kappa shape index (κ3) is 3.94. The molecule has 0 aliphatic carbocycles. The van der Waals surface area contributed by atoms with E-state index >= 15 is 0 Å². The number of methoxy groups -OCH3 is 1. The van der Waals surface area contributed by atoms with Crippen LogP contribution in [0, 0.1) is 0 Å². The molecule has 0 radical (unpaired) electrons. The first-order chi connectivity index (χ1) is 9.94. The third-order valence-corrected chi connectivity index (χ3v) is 4.86. The first-order valence-corrected chi connectivity index (χ1v) is 8.46. The first-order valence-electron chi connectivity index (χ1n) is 5.81. The lowest BCUT2D eigenvalue weighted by atomic mass is 10.3. The molecular weight excluding hydrogens is 384 g/mol. The number of hydrogen-bond acceptors (Lipinski definition) is 5. The molecular formula is C11H12BrClN4O3S. The van der Waals surface area contributed by atoms with Crippen LogP contribution in [0.5, 0.6) is 5.75 Å². The van der Waals surface area contributed by atoms with E-state index in [0.717, 1.165) is 0 Å². The molecule has 1 aromatic carbocycles. The van der Waals surface area contributed by atoms with E-state index in [4.69, 9.17) is 16.3 Å². The number of benzene rings is 1. The highest BCUT2D eigenvalue weighted by molar-refractivity contribution is 9.10. The van der Waals surface area contributed by atoms with Crippen LogP contribution >= 0.6 is 27.5 Å². The van der Waals surface area contributed by atoms with Crippen molar-refractivity contribution in [2.24, 2.45) is 0 Å². The first kappa shape index (κ1) is 16.2. The van der Waals surface area contributed by atoms with Crippen molar-refractivity contribution >= 4 is 37.6 Å². The van der Waals surface area contributed by atoms with E-state index in [1.807, 2.05) is 0 Å². The van der Waals surface area contributed by atoms with Gasteiger partial charge in [-0.25, -0.2) is 18.1 Å². The van der Waals surface area contributed by atoms with Crippen molar-refractivity contribution in [2.75, 3.05) is 13.7 Å². The molecule has 1 heterocycles. The fourth-order valence-corrected chi connectivity index (χ4v) is 4.08. The van der Waals surface area contributed by atoms with Crippen LogP contribution in [0.3, 0.4) is 0 Å². The van der Waals surface area contributed by atoms with E-state index in [1.54, 1.807) is 6.07 Å². The summed E-state index contributed by atoms with van der Waals surface area (Å²) in [5.41, 5.74) is 0. The summed E-state index contributed by atoms with van der Waals surface area (Å²) in [5, 5.41) is 6.63. The van der Waals surface area contributed by atoms with E-state index < -0.39 is 10.0 Å². The molecule has 2 N–H and O–H groups in total. The van der Waals surface area contributed by atoms with E-state index in [1.165, 1.54) is 19.5 Å². The second kappa shape index (κ2) is 6.73. The van der Waals surface area contributed by atoms with E-state index in [0.29, 0.717) is 21.7 Å². The number of halogens is 2. The number of hydrogen-bond donors (Lipinski definition) is 2. The summed E-state index contributed by atoms with van der Waals surface area (Å²) < 4.78 is 32.7. The molecule has 0 bridgehead atoms. The summed E-state index contributed by atoms with van der Waals surface area (Å²) in [6, 6.07) is 2.90. The molecule has 0 saturated heterocycles. The minimum absolute atomic E-state index is 0.0260. The van der Waals surface area contributed by atoms with Gasteiger partial charge < -0.3 is 4.74 Å². The van der Waals surface area contributed by atoms with Gasteiger partial charge in [0.25, 0.3) is 0 Å². The number of nitrogens with zero attached hydrogens (tertiary/aromatic N) is 2. The Morgan fingerprint density at radius 1 is 1.48 bits per heavy atom. The summed E-state index contributed by atoms with van der Waals surface area (Å²) in [5.74, 6) is 0.795. The molecule has 2 rings (SSSR count). The highest BCUT2D eigenvalue weighted by Crippen LogP contribution is 2.35. The number of H-pyrrole nitrogens is 1. The SMILES string of the molecule is COc1c(Br)cc(Cl)cc1S(=O)(=O)NCCc1ncn[nH]1. The smallest absolute Gasteiger partial charge is 0.244 e. The van der Waals surface area contributed by atoms with Crippen LogP contribution in [0.1, 0.15) is 5.82 Å². The quantitative estimate of drug-likeness (QED) is 0.776. The minimum atomic E-state index is -3.75. The summed E-state index contributed by atoms with van der Waals surface area (Å²) in [4.78, 5) is 3.89. The van der Waals surface area contributed by atoms with Crippen molar-refractivity contribution in [1.29, 1.82) is 0 Å². The van der Waals surface area contributed by atoms with Crippen molar-refractivity contribution in [3.05, 3.63) is 33.8 Å². The topological polar surface area (TPSA) is 97.0 Å². The molecule has 0 amide bonds. The van der Waals surface area contributed by atoms with Crippen molar-refractivity contribution < 1.29 is 13.2 Å². The molecule has 1 aromatic heterocycles. The molecule has 0 atom stereocenters. The maximum absolute atomic E-state index is 12.3. The Kier molecular flexibility index (Phi) is 5.20. The molecule has 0 aliphatic heterocycles. The summed E-state index contributed by atoms with van der Waals surface area (Å²) in [6.07, 6.45) is 1.75. The van der Waals surface area contributed by atoms with Gasteiger partial charge in [-0.05, 0) is 28.1 Å². The zero-order chi connectivity index (χ0) is 15.5. The van der Waals surface area contributed by atoms with Gasteiger partial charge in [-0.3, -0.25) is 5.10 Å². The van der Waals surface area contributed by atoms with Gasteiger partial charge in [-0.1, -0.05) is 11.6 Å². The van der Waals surface area contributed by atoms with E-state index in [2.05, 4.69) is 35.8 Å². The van der Waals surface area contributed by atoms with Crippen LogP contribution in [0.2, 0.25) is 5.02 Å². The minimum Gasteiger partial charge on any atom is -0.494 e. The normalized spacial score (nSPS) is 11.6. The molecule has 10 heteroatoms. The predicted octanol–water partition coefficient (Wildman–Crippen LogP) is 1.75. The van der Waals surface area contributed by atoms with Crippen LogP contribution in [0.4, 0.5) is 0 Å². The molecule has 0 spiro atoms. The van der Waals surface area contributed by atoms with Crippen LogP contribution in [-0.2, 0) is 16.4 Å². The Labute approximate surface area is 135 Å². The van der Waals surface area contributed by atoms with Crippen LogP contribution in [0.15, 0.2) is 27.8 Å². The Morgan fingerprint density at radius 3 is 2.86 bits per heavy atom. The van der Waals surface area contributed by atoms with Gasteiger partial charge >= 0.3 is 0 Å². The van der Waals surface area contributed by atoms with Gasteiger partial charge in [0.05, 0.1) is 11.6 Å². The Hall–Kier alpha value is -1.16. The molecule has 0 aliphatic rings. The largest absolute Gasteiger partial charge is 0.494 e. The van der Waals surface area contributed by atoms with Gasteiger partial charge in [0.1, 0.15) is 17.0 Å². The van der Waals surface area contributed by atoms with Crippen LogP contribution < -0.4 is 9.46 Å². The Balaban J connectivity index is 2.19. The average molecular weight is 396 g/mol. The maximum Gasteiger partial charge on any atom is 0.244 e. The second-order valence-corrected chi connectivity index (χ2v) is 7.03. The zero-order valence-corrected chi connectivity index (χ0v) is 14.1. The summed E-state index contributed by atoms with van der Waals surface area (Å²) in [7, 11) is -2.36. The summed E-state index contributed by atoms with van der Waals surface area (Å²) in [6.45, 7) is 0.171.